The first-order valence-corrected chi connectivity index (χ1v) is 4.34. The number of halogens is 1. The number of carbonyl (C=O) groups excluding carboxylic acids is 1. The fourth-order valence-electron chi connectivity index (χ4n) is 1.53. The molecule has 0 bridgehead atoms. The summed E-state index contributed by atoms with van der Waals surface area (Å²) in [6.07, 6.45) is 4.07. The lowest BCUT2D eigenvalue weighted by Gasteiger charge is -2.24. The van der Waals surface area contributed by atoms with Crippen LogP contribution in [0.5, 0.6) is 0 Å². The Morgan fingerprint density at radius 1 is 1.36 bits per heavy atom. The summed E-state index contributed by atoms with van der Waals surface area (Å²) in [6.45, 7) is 0. The summed E-state index contributed by atoms with van der Waals surface area (Å²) < 4.78 is 5.16. The molecule has 1 aliphatic carbocycles. The summed E-state index contributed by atoms with van der Waals surface area (Å²) in [5, 5.41) is -0.181. The van der Waals surface area contributed by atoms with Gasteiger partial charge in [-0.05, 0) is 37.3 Å². The number of hydrogen-bond acceptors (Lipinski definition) is 2. The fraction of sp³-hybridized carbons (Fsp3) is 0.875. The molecule has 1 rings (SSSR count). The van der Waals surface area contributed by atoms with E-state index in [-0.39, 0.29) is 11.2 Å². The Morgan fingerprint density at radius 2 is 1.91 bits per heavy atom. The average molecular weight is 177 g/mol. The van der Waals surface area contributed by atoms with E-state index in [4.69, 9.17) is 16.3 Å². The molecule has 2 nitrogen and oxygen atoms in total. The summed E-state index contributed by atoms with van der Waals surface area (Å²) in [4.78, 5) is 10.7. The van der Waals surface area contributed by atoms with E-state index in [1.807, 2.05) is 0 Å². The largest absolute Gasteiger partial charge is 0.381 e. The zero-order valence-corrected chi connectivity index (χ0v) is 7.43. The standard InChI is InChI=1S/C8H13ClO2/c1-11-7-4-2-6(3-5-7)8(9)10/h6-7H,2-5H2,1H3/t6-,7-. The van der Waals surface area contributed by atoms with Gasteiger partial charge in [-0.3, -0.25) is 4.79 Å². The molecule has 0 radical (unpaired) electrons. The summed E-state index contributed by atoms with van der Waals surface area (Å²) in [6, 6.07) is 0. The molecule has 0 N–H and O–H groups in total. The van der Waals surface area contributed by atoms with Crippen LogP contribution < -0.4 is 0 Å². The molecule has 1 aliphatic rings. The third-order valence-corrected chi connectivity index (χ3v) is 2.64. The highest BCUT2D eigenvalue weighted by Gasteiger charge is 2.24. The minimum atomic E-state index is -0.181. The van der Waals surface area contributed by atoms with Crippen molar-refractivity contribution in [1.29, 1.82) is 0 Å². The molecular weight excluding hydrogens is 164 g/mol. The maximum Gasteiger partial charge on any atom is 0.224 e. The van der Waals surface area contributed by atoms with E-state index < -0.39 is 0 Å². The van der Waals surface area contributed by atoms with Gasteiger partial charge in [0.2, 0.25) is 5.24 Å². The summed E-state index contributed by atoms with van der Waals surface area (Å²) in [5.41, 5.74) is 0. The van der Waals surface area contributed by atoms with Crippen molar-refractivity contribution in [3.63, 3.8) is 0 Å². The van der Waals surface area contributed by atoms with Gasteiger partial charge in [-0.25, -0.2) is 0 Å². The molecule has 0 amide bonds. The molecule has 1 saturated carbocycles. The third-order valence-electron chi connectivity index (χ3n) is 2.33. The third kappa shape index (κ3) is 2.46. The Kier molecular flexibility index (Phi) is 3.34. The van der Waals surface area contributed by atoms with Gasteiger partial charge in [0.05, 0.1) is 6.10 Å². The maximum absolute atomic E-state index is 10.7. The predicted molar refractivity (Wildman–Crippen MR) is 43.6 cm³/mol. The topological polar surface area (TPSA) is 26.3 Å². The molecule has 0 atom stereocenters. The molecular formula is C8H13ClO2. The number of ether oxygens (including phenoxy) is 1. The van der Waals surface area contributed by atoms with Crippen molar-refractivity contribution < 1.29 is 9.53 Å². The molecule has 0 saturated heterocycles. The van der Waals surface area contributed by atoms with Gasteiger partial charge in [-0.1, -0.05) is 0 Å². The number of carbonyl (C=O) groups is 1. The van der Waals surface area contributed by atoms with E-state index in [9.17, 15) is 4.79 Å². The van der Waals surface area contributed by atoms with Crippen LogP contribution in [-0.4, -0.2) is 18.5 Å². The highest BCUT2D eigenvalue weighted by atomic mass is 35.5. The van der Waals surface area contributed by atoms with Crippen LogP contribution >= 0.6 is 11.6 Å². The Balaban J connectivity index is 2.30. The minimum Gasteiger partial charge on any atom is -0.381 e. The van der Waals surface area contributed by atoms with Crippen molar-refractivity contribution in [1.82, 2.24) is 0 Å². The first-order chi connectivity index (χ1) is 5.24. The van der Waals surface area contributed by atoms with Crippen LogP contribution in [-0.2, 0) is 9.53 Å². The monoisotopic (exact) mass is 176 g/mol. The summed E-state index contributed by atoms with van der Waals surface area (Å²) >= 11 is 5.37. The average Bonchev–Trinajstić information content (AvgIpc) is 2.05. The van der Waals surface area contributed by atoms with E-state index in [1.54, 1.807) is 7.11 Å². The van der Waals surface area contributed by atoms with Crippen LogP contribution in [0.15, 0.2) is 0 Å². The SMILES string of the molecule is CO[C@H]1CC[C@H](C(=O)Cl)CC1. The fourth-order valence-corrected chi connectivity index (χ4v) is 1.74. The van der Waals surface area contributed by atoms with Gasteiger partial charge < -0.3 is 4.74 Å². The van der Waals surface area contributed by atoms with E-state index in [0.29, 0.717) is 6.10 Å². The second-order valence-corrected chi connectivity index (χ2v) is 3.39. The van der Waals surface area contributed by atoms with Crippen molar-refractivity contribution in [2.45, 2.75) is 31.8 Å². The highest BCUT2D eigenvalue weighted by Crippen LogP contribution is 2.27. The van der Waals surface area contributed by atoms with Crippen LogP contribution in [0, 0.1) is 5.92 Å². The summed E-state index contributed by atoms with van der Waals surface area (Å²) in [5.74, 6) is 0.0862. The van der Waals surface area contributed by atoms with Crippen molar-refractivity contribution >= 4 is 16.8 Å². The first kappa shape index (κ1) is 9.01. The van der Waals surface area contributed by atoms with Gasteiger partial charge in [-0.2, -0.15) is 0 Å². The van der Waals surface area contributed by atoms with Gasteiger partial charge in [0, 0.05) is 13.0 Å². The highest BCUT2D eigenvalue weighted by molar-refractivity contribution is 6.63. The lowest BCUT2D eigenvalue weighted by Crippen LogP contribution is -2.23. The molecule has 0 aromatic carbocycles. The molecule has 3 heteroatoms. The first-order valence-electron chi connectivity index (χ1n) is 3.96. The number of hydrogen-bond donors (Lipinski definition) is 0. The van der Waals surface area contributed by atoms with Crippen molar-refractivity contribution in [2.24, 2.45) is 5.92 Å². The molecule has 0 aliphatic heterocycles. The van der Waals surface area contributed by atoms with Gasteiger partial charge in [0.1, 0.15) is 0 Å². The van der Waals surface area contributed by atoms with E-state index in [0.717, 1.165) is 25.7 Å². The van der Waals surface area contributed by atoms with Crippen molar-refractivity contribution in [3.05, 3.63) is 0 Å². The Hall–Kier alpha value is -0.0800. The smallest absolute Gasteiger partial charge is 0.224 e. The van der Waals surface area contributed by atoms with Crippen LogP contribution in [0.25, 0.3) is 0 Å². The molecule has 0 spiro atoms. The van der Waals surface area contributed by atoms with Crippen LogP contribution in [0.3, 0.4) is 0 Å². The van der Waals surface area contributed by atoms with Gasteiger partial charge in [0.25, 0.3) is 0 Å². The Bertz CT molecular complexity index is 139. The van der Waals surface area contributed by atoms with Gasteiger partial charge >= 0.3 is 0 Å². The van der Waals surface area contributed by atoms with Crippen LogP contribution in [0.2, 0.25) is 0 Å². The number of methoxy groups -OCH3 is 1. The molecule has 0 heterocycles. The molecule has 64 valence electrons. The van der Waals surface area contributed by atoms with Crippen molar-refractivity contribution in [2.75, 3.05) is 7.11 Å². The normalized spacial score (nSPS) is 31.8. The maximum atomic E-state index is 10.7. The van der Waals surface area contributed by atoms with Gasteiger partial charge in [-0.15, -0.1) is 0 Å². The zero-order valence-electron chi connectivity index (χ0n) is 6.68. The molecule has 0 aromatic rings. The van der Waals surface area contributed by atoms with E-state index >= 15 is 0 Å². The van der Waals surface area contributed by atoms with Gasteiger partial charge in [0.15, 0.2) is 0 Å². The quantitative estimate of drug-likeness (QED) is 0.602. The van der Waals surface area contributed by atoms with Crippen LogP contribution in [0.4, 0.5) is 0 Å². The summed E-state index contributed by atoms with van der Waals surface area (Å²) in [7, 11) is 1.72. The van der Waals surface area contributed by atoms with Crippen LogP contribution in [0.1, 0.15) is 25.7 Å². The number of rotatable bonds is 2. The van der Waals surface area contributed by atoms with E-state index in [1.165, 1.54) is 0 Å². The van der Waals surface area contributed by atoms with E-state index in [2.05, 4.69) is 0 Å². The lowest BCUT2D eigenvalue weighted by molar-refractivity contribution is -0.116. The molecule has 0 unspecified atom stereocenters. The molecule has 1 fully saturated rings. The Labute approximate surface area is 71.9 Å². The van der Waals surface area contributed by atoms with Crippen molar-refractivity contribution in [3.8, 4) is 0 Å². The Morgan fingerprint density at radius 3 is 2.27 bits per heavy atom. The molecule has 0 aromatic heterocycles. The minimum absolute atomic E-state index is 0.0862. The second-order valence-electron chi connectivity index (χ2n) is 3.01. The second kappa shape index (κ2) is 4.07. The zero-order chi connectivity index (χ0) is 8.27. The lowest BCUT2D eigenvalue weighted by atomic mass is 9.88. The predicted octanol–water partition coefficient (Wildman–Crippen LogP) is 1.96. The molecule has 11 heavy (non-hydrogen) atoms.